The molecule has 0 aliphatic heterocycles. The minimum Gasteiger partial charge on any atom is -0.502 e. The summed E-state index contributed by atoms with van der Waals surface area (Å²) in [7, 11) is 0. The van der Waals surface area contributed by atoms with E-state index in [4.69, 9.17) is 5.11 Å². The highest BCUT2D eigenvalue weighted by molar-refractivity contribution is 5.90. The lowest BCUT2D eigenvalue weighted by Gasteiger charge is -1.98. The average Bonchev–Trinajstić information content (AvgIpc) is 2.14. The van der Waals surface area contributed by atoms with Gasteiger partial charge in [0.2, 0.25) is 6.20 Å². The molecule has 0 radical (unpaired) electrons. The van der Waals surface area contributed by atoms with Crippen molar-refractivity contribution in [3.63, 3.8) is 0 Å². The van der Waals surface area contributed by atoms with Crippen molar-refractivity contribution < 1.29 is 25.3 Å². The number of aryl methyl sites for hydroxylation is 1. The quantitative estimate of drug-likeness (QED) is 0.543. The predicted octanol–water partition coefficient (Wildman–Crippen LogP) is -0.990. The topological polar surface area (TPSA) is 89.1 Å². The Hall–Kier alpha value is -1.62. The molecular weight excluding hydrogens is 184 g/mol. The van der Waals surface area contributed by atoms with Gasteiger partial charge in [0.15, 0.2) is 18.5 Å². The first-order valence-electron chi connectivity index (χ1n) is 4.39. The van der Waals surface area contributed by atoms with Crippen molar-refractivity contribution in [1.82, 2.24) is 0 Å². The number of aromatic carboxylic acids is 1. The largest absolute Gasteiger partial charge is 0.502 e. The van der Waals surface area contributed by atoms with Gasteiger partial charge in [-0.05, 0) is 0 Å². The smallest absolute Gasteiger partial charge is 0.339 e. The molecule has 14 heavy (non-hydrogen) atoms. The molecule has 1 aromatic heterocycles. The molecule has 1 aromatic rings. The van der Waals surface area contributed by atoms with Gasteiger partial charge < -0.3 is 15.9 Å². The highest BCUT2D eigenvalue weighted by Gasteiger charge is 2.13. The number of carboxylic acids is 1. The number of aromatic hydroxyl groups is 1. The summed E-state index contributed by atoms with van der Waals surface area (Å²) in [5.74, 6) is -1.32. The molecule has 5 nitrogen and oxygen atoms in total. The Labute approximate surface area is 81.4 Å². The Kier molecular flexibility index (Phi) is 3.41. The van der Waals surface area contributed by atoms with Crippen molar-refractivity contribution in [2.24, 2.45) is 0 Å². The number of rotatable bonds is 4. The molecule has 0 aliphatic carbocycles. The van der Waals surface area contributed by atoms with E-state index in [1.54, 1.807) is 10.8 Å². The Bertz CT molecular complexity index is 339. The zero-order valence-corrected chi connectivity index (χ0v) is 7.81. The molecule has 5 N–H and O–H groups in total. The van der Waals surface area contributed by atoms with E-state index < -0.39 is 5.97 Å². The van der Waals surface area contributed by atoms with Gasteiger partial charge >= 0.3 is 5.97 Å². The van der Waals surface area contributed by atoms with Gasteiger partial charge in [0.1, 0.15) is 5.56 Å². The van der Waals surface area contributed by atoms with Crippen LogP contribution in [-0.4, -0.2) is 22.7 Å². The van der Waals surface area contributed by atoms with Gasteiger partial charge in [0, 0.05) is 6.07 Å². The summed E-state index contributed by atoms with van der Waals surface area (Å²) in [6, 6.07) is 1.39. The number of hydrogen-bond donors (Lipinski definition) is 3. The van der Waals surface area contributed by atoms with Crippen molar-refractivity contribution in [2.45, 2.75) is 13.0 Å². The lowest BCUT2D eigenvalue weighted by atomic mass is 10.2. The summed E-state index contributed by atoms with van der Waals surface area (Å²) < 4.78 is 1.74. The summed E-state index contributed by atoms with van der Waals surface area (Å²) in [4.78, 5) is 10.6. The number of aromatic nitrogens is 1. The number of carbonyl (C=O) groups is 1. The predicted molar refractivity (Wildman–Crippen MR) is 47.6 cm³/mol. The molecule has 76 valence electrons. The third-order valence-corrected chi connectivity index (χ3v) is 1.89. The van der Waals surface area contributed by atoms with E-state index in [0.717, 1.165) is 19.5 Å². The van der Waals surface area contributed by atoms with Crippen LogP contribution in [0.3, 0.4) is 0 Å². The number of carboxylic acid groups (broad SMARTS) is 1. The van der Waals surface area contributed by atoms with Crippen molar-refractivity contribution in [2.75, 3.05) is 6.54 Å². The number of nitrogens with zero attached hydrogens (tertiary/aromatic N) is 1. The highest BCUT2D eigenvalue weighted by Crippen LogP contribution is 2.12. The molecule has 0 amide bonds. The molecule has 0 unspecified atom stereocenters. The maximum absolute atomic E-state index is 10.6. The second kappa shape index (κ2) is 4.57. The lowest BCUT2D eigenvalue weighted by Crippen LogP contribution is -2.51. The van der Waals surface area contributed by atoms with Gasteiger partial charge in [-0.3, -0.25) is 0 Å². The Morgan fingerprint density at radius 1 is 1.57 bits per heavy atom. The SMILES string of the molecule is [NH3+]CCC[n+]1ccc(C(=O)O)c(O)c1. The maximum atomic E-state index is 10.6. The van der Waals surface area contributed by atoms with Crippen LogP contribution in [0.1, 0.15) is 16.8 Å². The minimum atomic E-state index is -1.12. The maximum Gasteiger partial charge on any atom is 0.339 e. The van der Waals surface area contributed by atoms with Crippen LogP contribution in [0.2, 0.25) is 0 Å². The Morgan fingerprint density at radius 2 is 2.29 bits per heavy atom. The molecule has 0 saturated carbocycles. The van der Waals surface area contributed by atoms with Gasteiger partial charge in [-0.25, -0.2) is 9.36 Å². The summed E-state index contributed by atoms with van der Waals surface area (Å²) in [6.45, 7) is 1.55. The molecule has 0 bridgehead atoms. The standard InChI is InChI=1S/C9H12N2O3/c10-3-1-4-11-5-2-7(9(13)14)8(12)6-11/h2,5-6H,1,3-4,10H2,(H-,12,13,14)/p+2. The Morgan fingerprint density at radius 3 is 2.79 bits per heavy atom. The molecular formula is C9H14N2O3+2. The third-order valence-electron chi connectivity index (χ3n) is 1.89. The van der Waals surface area contributed by atoms with Crippen LogP contribution < -0.4 is 10.3 Å². The van der Waals surface area contributed by atoms with Gasteiger partial charge in [0.25, 0.3) is 0 Å². The lowest BCUT2D eigenvalue weighted by molar-refractivity contribution is -0.699. The molecule has 1 heterocycles. The minimum absolute atomic E-state index is 0.0733. The fraction of sp³-hybridized carbons (Fsp3) is 0.333. The molecule has 1 rings (SSSR count). The highest BCUT2D eigenvalue weighted by atomic mass is 16.4. The first-order valence-corrected chi connectivity index (χ1v) is 4.39. The number of hydrogen-bond acceptors (Lipinski definition) is 2. The van der Waals surface area contributed by atoms with E-state index in [1.807, 2.05) is 0 Å². The third kappa shape index (κ3) is 2.43. The van der Waals surface area contributed by atoms with Crippen LogP contribution in [0.5, 0.6) is 5.75 Å². The first-order chi connectivity index (χ1) is 6.65. The van der Waals surface area contributed by atoms with Crippen LogP contribution >= 0.6 is 0 Å². The molecule has 0 fully saturated rings. The molecule has 0 atom stereocenters. The van der Waals surface area contributed by atoms with E-state index in [0.29, 0.717) is 0 Å². The summed E-state index contributed by atoms with van der Waals surface area (Å²) in [6.07, 6.45) is 3.95. The summed E-state index contributed by atoms with van der Waals surface area (Å²) in [5.41, 5.74) is 3.63. The summed E-state index contributed by atoms with van der Waals surface area (Å²) in [5, 5.41) is 18.0. The second-order valence-electron chi connectivity index (χ2n) is 2.99. The molecule has 0 aliphatic rings. The van der Waals surface area contributed by atoms with E-state index >= 15 is 0 Å². The van der Waals surface area contributed by atoms with Crippen LogP contribution in [0.15, 0.2) is 18.5 Å². The van der Waals surface area contributed by atoms with Crippen molar-refractivity contribution in [3.05, 3.63) is 24.0 Å². The second-order valence-corrected chi connectivity index (χ2v) is 2.99. The van der Waals surface area contributed by atoms with E-state index in [2.05, 4.69) is 5.73 Å². The molecule has 0 spiro atoms. The van der Waals surface area contributed by atoms with Gasteiger partial charge in [-0.2, -0.15) is 0 Å². The normalized spacial score (nSPS) is 10.1. The summed E-state index contributed by atoms with van der Waals surface area (Å²) >= 11 is 0. The zero-order chi connectivity index (χ0) is 10.6. The Balaban J connectivity index is 2.83. The number of pyridine rings is 1. The van der Waals surface area contributed by atoms with Crippen LogP contribution in [0, 0.1) is 0 Å². The fourth-order valence-corrected chi connectivity index (χ4v) is 1.14. The van der Waals surface area contributed by atoms with Crippen LogP contribution in [0.25, 0.3) is 0 Å². The van der Waals surface area contributed by atoms with E-state index in [9.17, 15) is 9.90 Å². The van der Waals surface area contributed by atoms with Crippen LogP contribution in [-0.2, 0) is 6.54 Å². The van der Waals surface area contributed by atoms with Gasteiger partial charge in [0.05, 0.1) is 13.0 Å². The van der Waals surface area contributed by atoms with E-state index in [1.165, 1.54) is 12.3 Å². The van der Waals surface area contributed by atoms with Crippen molar-refractivity contribution in [3.8, 4) is 5.75 Å². The monoisotopic (exact) mass is 198 g/mol. The van der Waals surface area contributed by atoms with Crippen molar-refractivity contribution >= 4 is 5.97 Å². The average molecular weight is 198 g/mol. The van der Waals surface area contributed by atoms with E-state index in [-0.39, 0.29) is 11.3 Å². The fourth-order valence-electron chi connectivity index (χ4n) is 1.14. The van der Waals surface area contributed by atoms with Gasteiger partial charge in [-0.1, -0.05) is 0 Å². The molecule has 0 saturated heterocycles. The first kappa shape index (κ1) is 10.5. The molecule has 5 heteroatoms. The van der Waals surface area contributed by atoms with Crippen LogP contribution in [0.4, 0.5) is 0 Å². The van der Waals surface area contributed by atoms with Gasteiger partial charge in [-0.15, -0.1) is 0 Å². The molecule has 0 aromatic carbocycles. The van der Waals surface area contributed by atoms with Crippen molar-refractivity contribution in [1.29, 1.82) is 0 Å². The number of quaternary nitrogens is 1. The zero-order valence-electron chi connectivity index (χ0n) is 7.81.